The van der Waals surface area contributed by atoms with E-state index in [1.807, 2.05) is 24.3 Å². The largest absolute Gasteiger partial charge is 0.399 e. The van der Waals surface area contributed by atoms with Crippen molar-refractivity contribution in [3.05, 3.63) is 29.8 Å². The first-order chi connectivity index (χ1) is 8.45. The number of amides is 1. The van der Waals surface area contributed by atoms with E-state index in [0.717, 1.165) is 18.4 Å². The van der Waals surface area contributed by atoms with E-state index >= 15 is 0 Å². The van der Waals surface area contributed by atoms with Crippen molar-refractivity contribution < 1.29 is 9.90 Å². The smallest absolute Gasteiger partial charge is 0.233 e. The quantitative estimate of drug-likeness (QED) is 0.785. The fraction of sp³-hybridized carbons (Fsp3) is 0.500. The molecule has 0 radical (unpaired) electrons. The van der Waals surface area contributed by atoms with Gasteiger partial charge in [0.2, 0.25) is 5.91 Å². The molecule has 4 heteroatoms. The average molecular weight is 248 g/mol. The summed E-state index contributed by atoms with van der Waals surface area (Å²) in [5.74, 6) is 0.0909. The second kappa shape index (κ2) is 4.61. The van der Waals surface area contributed by atoms with E-state index in [2.05, 4.69) is 0 Å². The highest BCUT2D eigenvalue weighted by molar-refractivity contribution is 5.91. The van der Waals surface area contributed by atoms with Crippen molar-refractivity contribution in [3.8, 4) is 0 Å². The number of nitrogens with zero attached hydrogens (tertiary/aromatic N) is 1. The third kappa shape index (κ3) is 2.34. The second-order valence-electron chi connectivity index (χ2n) is 5.24. The molecule has 3 N–H and O–H groups in total. The molecule has 18 heavy (non-hydrogen) atoms. The van der Waals surface area contributed by atoms with E-state index in [9.17, 15) is 9.90 Å². The summed E-state index contributed by atoms with van der Waals surface area (Å²) in [7, 11) is 1.74. The molecule has 0 bridgehead atoms. The molecule has 0 aliphatic heterocycles. The van der Waals surface area contributed by atoms with E-state index < -0.39 is 6.10 Å². The standard InChI is InChI=1S/C14H20N2O2/c1-10(17)9-16(2)13(18)14(7-8-14)11-3-5-12(15)6-4-11/h3-6,10,17H,7-9,15H2,1-2H3. The number of hydrogen-bond acceptors (Lipinski definition) is 3. The lowest BCUT2D eigenvalue weighted by Crippen LogP contribution is -2.40. The second-order valence-corrected chi connectivity index (χ2v) is 5.24. The zero-order valence-corrected chi connectivity index (χ0v) is 10.9. The minimum Gasteiger partial charge on any atom is -0.399 e. The van der Waals surface area contributed by atoms with Gasteiger partial charge in [-0.3, -0.25) is 4.79 Å². The lowest BCUT2D eigenvalue weighted by molar-refractivity contribution is -0.133. The van der Waals surface area contributed by atoms with Crippen LogP contribution in [0.15, 0.2) is 24.3 Å². The monoisotopic (exact) mass is 248 g/mol. The molecule has 1 unspecified atom stereocenters. The molecule has 1 aliphatic carbocycles. The van der Waals surface area contributed by atoms with Crippen molar-refractivity contribution >= 4 is 11.6 Å². The van der Waals surface area contributed by atoms with E-state index in [1.165, 1.54) is 0 Å². The Balaban J connectivity index is 2.16. The SMILES string of the molecule is CC(O)CN(C)C(=O)C1(c2ccc(N)cc2)CC1. The number of nitrogens with two attached hydrogens (primary N) is 1. The minimum atomic E-state index is -0.499. The van der Waals surface area contributed by atoms with Crippen LogP contribution in [-0.4, -0.2) is 35.6 Å². The molecule has 0 aromatic heterocycles. The summed E-state index contributed by atoms with van der Waals surface area (Å²) in [6, 6.07) is 7.52. The molecule has 0 heterocycles. The number of aliphatic hydroxyl groups excluding tert-OH is 1. The summed E-state index contributed by atoms with van der Waals surface area (Å²) < 4.78 is 0. The topological polar surface area (TPSA) is 66.6 Å². The highest BCUT2D eigenvalue weighted by atomic mass is 16.3. The maximum Gasteiger partial charge on any atom is 0.233 e. The van der Waals surface area contributed by atoms with Crippen LogP contribution in [0.25, 0.3) is 0 Å². The first kappa shape index (κ1) is 12.9. The number of benzene rings is 1. The molecule has 0 spiro atoms. The molecule has 1 fully saturated rings. The Hall–Kier alpha value is -1.55. The minimum absolute atomic E-state index is 0.0909. The predicted molar refractivity (Wildman–Crippen MR) is 71.1 cm³/mol. The Morgan fingerprint density at radius 2 is 2.00 bits per heavy atom. The average Bonchev–Trinajstić information content (AvgIpc) is 3.09. The first-order valence-electron chi connectivity index (χ1n) is 6.25. The molecule has 4 nitrogen and oxygen atoms in total. The van der Waals surface area contributed by atoms with Gasteiger partial charge in [0.1, 0.15) is 0 Å². The number of nitrogen functional groups attached to an aromatic ring is 1. The third-order valence-corrected chi connectivity index (χ3v) is 3.51. The first-order valence-corrected chi connectivity index (χ1v) is 6.25. The van der Waals surface area contributed by atoms with Gasteiger partial charge in [0, 0.05) is 19.3 Å². The van der Waals surface area contributed by atoms with Crippen LogP contribution in [0.1, 0.15) is 25.3 Å². The van der Waals surface area contributed by atoms with Gasteiger partial charge in [0.15, 0.2) is 0 Å². The molecular formula is C14H20N2O2. The number of anilines is 1. The summed E-state index contributed by atoms with van der Waals surface area (Å²) in [4.78, 5) is 14.1. The van der Waals surface area contributed by atoms with Crippen molar-refractivity contribution in [1.82, 2.24) is 4.90 Å². The molecule has 1 aromatic rings. The highest BCUT2D eigenvalue weighted by Gasteiger charge is 2.52. The van der Waals surface area contributed by atoms with Crippen molar-refractivity contribution in [1.29, 1.82) is 0 Å². The normalized spacial score (nSPS) is 18.2. The van der Waals surface area contributed by atoms with Gasteiger partial charge in [-0.05, 0) is 37.5 Å². The van der Waals surface area contributed by atoms with Crippen LogP contribution in [0.3, 0.4) is 0 Å². The van der Waals surface area contributed by atoms with Gasteiger partial charge in [-0.15, -0.1) is 0 Å². The molecule has 1 saturated carbocycles. The maximum absolute atomic E-state index is 12.4. The van der Waals surface area contributed by atoms with Gasteiger partial charge < -0.3 is 15.7 Å². The number of carbonyl (C=O) groups excluding carboxylic acids is 1. The van der Waals surface area contributed by atoms with E-state index in [4.69, 9.17) is 5.73 Å². The van der Waals surface area contributed by atoms with E-state index in [0.29, 0.717) is 12.2 Å². The lowest BCUT2D eigenvalue weighted by atomic mass is 9.94. The van der Waals surface area contributed by atoms with Crippen LogP contribution < -0.4 is 5.73 Å². The Bertz CT molecular complexity index is 436. The maximum atomic E-state index is 12.4. The van der Waals surface area contributed by atoms with Gasteiger partial charge in [-0.2, -0.15) is 0 Å². The third-order valence-electron chi connectivity index (χ3n) is 3.51. The van der Waals surface area contributed by atoms with Crippen LogP contribution in [0.5, 0.6) is 0 Å². The molecule has 2 rings (SSSR count). The Morgan fingerprint density at radius 1 is 1.44 bits per heavy atom. The van der Waals surface area contributed by atoms with Crippen LogP contribution >= 0.6 is 0 Å². The molecule has 1 aliphatic rings. The van der Waals surface area contributed by atoms with Crippen LogP contribution in [0.4, 0.5) is 5.69 Å². The van der Waals surface area contributed by atoms with Gasteiger partial charge in [-0.1, -0.05) is 12.1 Å². The Labute approximate surface area is 107 Å². The van der Waals surface area contributed by atoms with Crippen molar-refractivity contribution in [2.45, 2.75) is 31.3 Å². The summed E-state index contributed by atoms with van der Waals surface area (Å²) in [5.41, 5.74) is 7.02. The Kier molecular flexibility index (Phi) is 3.30. The number of likely N-dealkylation sites (N-methyl/N-ethyl adjacent to an activating group) is 1. The zero-order chi connectivity index (χ0) is 13.3. The Morgan fingerprint density at radius 3 is 2.44 bits per heavy atom. The van der Waals surface area contributed by atoms with Crippen LogP contribution in [-0.2, 0) is 10.2 Å². The fourth-order valence-electron chi connectivity index (χ4n) is 2.40. The zero-order valence-electron chi connectivity index (χ0n) is 10.9. The lowest BCUT2D eigenvalue weighted by Gasteiger charge is -2.25. The van der Waals surface area contributed by atoms with Crippen molar-refractivity contribution in [3.63, 3.8) is 0 Å². The highest BCUT2D eigenvalue weighted by Crippen LogP contribution is 2.49. The fourth-order valence-corrected chi connectivity index (χ4v) is 2.40. The predicted octanol–water partition coefficient (Wildman–Crippen LogP) is 1.14. The molecule has 1 atom stereocenters. The molecular weight excluding hydrogens is 228 g/mol. The number of carbonyl (C=O) groups is 1. The number of rotatable bonds is 4. The van der Waals surface area contributed by atoms with Gasteiger partial charge in [0.25, 0.3) is 0 Å². The summed E-state index contributed by atoms with van der Waals surface area (Å²) in [5, 5.41) is 9.35. The van der Waals surface area contributed by atoms with Gasteiger partial charge in [0.05, 0.1) is 11.5 Å². The van der Waals surface area contributed by atoms with E-state index in [1.54, 1.807) is 18.9 Å². The number of aliphatic hydroxyl groups is 1. The van der Waals surface area contributed by atoms with Gasteiger partial charge >= 0.3 is 0 Å². The number of hydrogen-bond donors (Lipinski definition) is 2. The van der Waals surface area contributed by atoms with Gasteiger partial charge in [-0.25, -0.2) is 0 Å². The summed E-state index contributed by atoms with van der Waals surface area (Å²) in [6.45, 7) is 2.06. The van der Waals surface area contributed by atoms with Crippen molar-refractivity contribution in [2.75, 3.05) is 19.3 Å². The molecule has 0 saturated heterocycles. The summed E-state index contributed by atoms with van der Waals surface area (Å²) >= 11 is 0. The van der Waals surface area contributed by atoms with Crippen LogP contribution in [0, 0.1) is 0 Å². The van der Waals surface area contributed by atoms with Crippen molar-refractivity contribution in [2.24, 2.45) is 0 Å². The molecule has 1 amide bonds. The molecule has 1 aromatic carbocycles. The van der Waals surface area contributed by atoms with Crippen LogP contribution in [0.2, 0.25) is 0 Å². The molecule has 98 valence electrons. The summed E-state index contributed by atoms with van der Waals surface area (Å²) in [6.07, 6.45) is 1.25. The van der Waals surface area contributed by atoms with E-state index in [-0.39, 0.29) is 11.3 Å².